The van der Waals surface area contributed by atoms with Crippen molar-refractivity contribution < 1.29 is 0 Å². The van der Waals surface area contributed by atoms with E-state index in [2.05, 4.69) is 66.2 Å². The van der Waals surface area contributed by atoms with Gasteiger partial charge in [-0.1, -0.05) is 30.3 Å². The first-order valence-corrected chi connectivity index (χ1v) is 8.07. The van der Waals surface area contributed by atoms with E-state index in [0.29, 0.717) is 5.92 Å². The molecule has 3 aromatic rings. The first-order chi connectivity index (χ1) is 9.81. The summed E-state index contributed by atoms with van der Waals surface area (Å²) in [5.74, 6) is 1.83. The molecule has 1 aliphatic rings. The summed E-state index contributed by atoms with van der Waals surface area (Å²) in [5.41, 5.74) is 4.21. The number of benzene rings is 2. The minimum Gasteiger partial charge on any atom is -0.347 e. The van der Waals surface area contributed by atoms with E-state index in [4.69, 9.17) is 0 Å². The van der Waals surface area contributed by atoms with Gasteiger partial charge in [0.2, 0.25) is 0 Å². The lowest BCUT2D eigenvalue weighted by molar-refractivity contribution is 0.623. The highest BCUT2D eigenvalue weighted by Gasteiger charge is 2.23. The third-order valence-electron chi connectivity index (χ3n) is 4.15. The van der Waals surface area contributed by atoms with Crippen LogP contribution in [0, 0.1) is 6.92 Å². The Balaban J connectivity index is 1.70. The second-order valence-electron chi connectivity index (χ2n) is 5.58. The second-order valence-corrected chi connectivity index (χ2v) is 6.64. The third kappa shape index (κ3) is 1.95. The molecule has 0 radical (unpaired) electrons. The van der Waals surface area contributed by atoms with Gasteiger partial charge in [-0.05, 0) is 41.6 Å². The van der Waals surface area contributed by atoms with Crippen molar-refractivity contribution in [3.63, 3.8) is 0 Å². The van der Waals surface area contributed by atoms with E-state index in [1.165, 1.54) is 32.7 Å². The van der Waals surface area contributed by atoms with Gasteiger partial charge in [-0.3, -0.25) is 0 Å². The van der Waals surface area contributed by atoms with Gasteiger partial charge in [0, 0.05) is 34.8 Å². The molecule has 0 bridgehead atoms. The van der Waals surface area contributed by atoms with Gasteiger partial charge < -0.3 is 4.57 Å². The molecule has 0 amide bonds. The fourth-order valence-corrected chi connectivity index (χ4v) is 4.31. The van der Waals surface area contributed by atoms with E-state index in [1.54, 1.807) is 0 Å². The fourth-order valence-electron chi connectivity index (χ4n) is 3.07. The van der Waals surface area contributed by atoms with Crippen molar-refractivity contribution in [2.24, 2.45) is 0 Å². The highest BCUT2D eigenvalue weighted by molar-refractivity contribution is 7.99. The standard InChI is InChI=1S/C18H17NS/c1-13-6-7-14-8-9-19(17(14)10-13)11-15-12-20-18-5-3-2-4-16(15)18/h2-10,15H,11-12H2,1H3. The zero-order valence-electron chi connectivity index (χ0n) is 11.5. The molecule has 0 fully saturated rings. The highest BCUT2D eigenvalue weighted by atomic mass is 32.2. The summed E-state index contributed by atoms with van der Waals surface area (Å²) < 4.78 is 2.41. The number of thioether (sulfide) groups is 1. The number of aryl methyl sites for hydroxylation is 1. The lowest BCUT2D eigenvalue weighted by Crippen LogP contribution is -2.07. The van der Waals surface area contributed by atoms with E-state index in [9.17, 15) is 0 Å². The Morgan fingerprint density at radius 3 is 3.00 bits per heavy atom. The van der Waals surface area contributed by atoms with Crippen LogP contribution < -0.4 is 0 Å². The van der Waals surface area contributed by atoms with Crippen LogP contribution in [0.3, 0.4) is 0 Å². The first kappa shape index (κ1) is 12.1. The number of fused-ring (bicyclic) bond motifs is 2. The molecular formula is C18H17NS. The SMILES string of the molecule is Cc1ccc2ccn(CC3CSc4ccccc43)c2c1. The Hall–Kier alpha value is -1.67. The van der Waals surface area contributed by atoms with Gasteiger partial charge in [-0.25, -0.2) is 0 Å². The molecule has 0 N–H and O–H groups in total. The summed E-state index contributed by atoms with van der Waals surface area (Å²) in [4.78, 5) is 1.46. The molecule has 2 aromatic carbocycles. The number of rotatable bonds is 2. The quantitative estimate of drug-likeness (QED) is 0.650. The highest BCUT2D eigenvalue weighted by Crippen LogP contribution is 2.40. The summed E-state index contributed by atoms with van der Waals surface area (Å²) in [6, 6.07) is 17.8. The van der Waals surface area contributed by atoms with Crippen molar-refractivity contribution in [1.29, 1.82) is 0 Å². The second kappa shape index (κ2) is 4.71. The van der Waals surface area contributed by atoms with Crippen LogP contribution in [0.1, 0.15) is 17.0 Å². The van der Waals surface area contributed by atoms with Crippen LogP contribution in [-0.2, 0) is 6.54 Å². The summed E-state index contributed by atoms with van der Waals surface area (Å²) in [7, 11) is 0. The molecule has 4 rings (SSSR count). The maximum absolute atomic E-state index is 2.41. The van der Waals surface area contributed by atoms with Gasteiger partial charge in [-0.2, -0.15) is 0 Å². The summed E-state index contributed by atoms with van der Waals surface area (Å²) >= 11 is 1.99. The average Bonchev–Trinajstić information content (AvgIpc) is 3.05. The summed E-state index contributed by atoms with van der Waals surface area (Å²) in [6.45, 7) is 3.24. The van der Waals surface area contributed by atoms with Gasteiger partial charge >= 0.3 is 0 Å². The first-order valence-electron chi connectivity index (χ1n) is 7.08. The molecular weight excluding hydrogens is 262 g/mol. The van der Waals surface area contributed by atoms with Crippen molar-refractivity contribution in [2.45, 2.75) is 24.3 Å². The Labute approximate surface area is 123 Å². The molecule has 2 heterocycles. The molecule has 0 saturated heterocycles. The topological polar surface area (TPSA) is 4.93 Å². The predicted molar refractivity (Wildman–Crippen MR) is 86.6 cm³/mol. The van der Waals surface area contributed by atoms with Gasteiger partial charge in [0.15, 0.2) is 0 Å². The van der Waals surface area contributed by atoms with Gasteiger partial charge in [0.25, 0.3) is 0 Å². The van der Waals surface area contributed by atoms with Crippen molar-refractivity contribution in [1.82, 2.24) is 4.57 Å². The van der Waals surface area contributed by atoms with Gasteiger partial charge in [0.05, 0.1) is 0 Å². The minimum absolute atomic E-state index is 0.632. The third-order valence-corrected chi connectivity index (χ3v) is 5.40. The van der Waals surface area contributed by atoms with E-state index in [0.717, 1.165) is 6.54 Å². The molecule has 20 heavy (non-hydrogen) atoms. The zero-order chi connectivity index (χ0) is 13.5. The van der Waals surface area contributed by atoms with E-state index in [1.807, 2.05) is 11.8 Å². The maximum atomic E-state index is 2.41. The van der Waals surface area contributed by atoms with Crippen LogP contribution in [-0.4, -0.2) is 10.3 Å². The van der Waals surface area contributed by atoms with Crippen LogP contribution >= 0.6 is 11.8 Å². The van der Waals surface area contributed by atoms with Crippen molar-refractivity contribution in [3.05, 3.63) is 65.9 Å². The van der Waals surface area contributed by atoms with Crippen LogP contribution in [0.15, 0.2) is 59.6 Å². The molecule has 2 heteroatoms. The number of hydrogen-bond acceptors (Lipinski definition) is 1. The smallest absolute Gasteiger partial charge is 0.0483 e. The molecule has 1 unspecified atom stereocenters. The number of aromatic nitrogens is 1. The van der Waals surface area contributed by atoms with E-state index < -0.39 is 0 Å². The average molecular weight is 279 g/mol. The van der Waals surface area contributed by atoms with Crippen LogP contribution in [0.5, 0.6) is 0 Å². The van der Waals surface area contributed by atoms with Crippen LogP contribution in [0.25, 0.3) is 10.9 Å². The lowest BCUT2D eigenvalue weighted by Gasteiger charge is -2.13. The lowest BCUT2D eigenvalue weighted by atomic mass is 10.0. The molecule has 1 nitrogen and oxygen atoms in total. The number of nitrogens with zero attached hydrogens (tertiary/aromatic N) is 1. The van der Waals surface area contributed by atoms with Gasteiger partial charge in [-0.15, -0.1) is 11.8 Å². The number of hydrogen-bond donors (Lipinski definition) is 0. The Morgan fingerprint density at radius 1 is 1.15 bits per heavy atom. The molecule has 1 atom stereocenters. The van der Waals surface area contributed by atoms with Crippen LogP contribution in [0.2, 0.25) is 0 Å². The maximum Gasteiger partial charge on any atom is 0.0483 e. The molecule has 0 saturated carbocycles. The fraction of sp³-hybridized carbons (Fsp3) is 0.222. The normalized spacial score (nSPS) is 17.6. The van der Waals surface area contributed by atoms with Crippen molar-refractivity contribution in [3.8, 4) is 0 Å². The molecule has 1 aliphatic heterocycles. The van der Waals surface area contributed by atoms with Gasteiger partial charge in [0.1, 0.15) is 0 Å². The predicted octanol–water partition coefficient (Wildman–Crippen LogP) is 4.84. The Kier molecular flexibility index (Phi) is 2.85. The largest absolute Gasteiger partial charge is 0.347 e. The molecule has 0 spiro atoms. The van der Waals surface area contributed by atoms with E-state index in [-0.39, 0.29) is 0 Å². The Morgan fingerprint density at radius 2 is 2.05 bits per heavy atom. The monoisotopic (exact) mass is 279 g/mol. The zero-order valence-corrected chi connectivity index (χ0v) is 12.4. The molecule has 0 aliphatic carbocycles. The van der Waals surface area contributed by atoms with Crippen molar-refractivity contribution in [2.75, 3.05) is 5.75 Å². The van der Waals surface area contributed by atoms with Crippen LogP contribution in [0.4, 0.5) is 0 Å². The molecule has 1 aromatic heterocycles. The summed E-state index contributed by atoms with van der Waals surface area (Å²) in [5, 5.41) is 1.34. The minimum atomic E-state index is 0.632. The van der Waals surface area contributed by atoms with E-state index >= 15 is 0 Å². The Bertz CT molecular complexity index is 772. The molecule has 100 valence electrons. The van der Waals surface area contributed by atoms with Crippen molar-refractivity contribution >= 4 is 22.7 Å². The summed E-state index contributed by atoms with van der Waals surface area (Å²) in [6.07, 6.45) is 2.23.